The smallest absolute Gasteiger partial charge is 0.279 e. The van der Waals surface area contributed by atoms with Gasteiger partial charge in [-0.15, -0.1) is 0 Å². The highest BCUT2D eigenvalue weighted by atomic mass is 32.1. The van der Waals surface area contributed by atoms with Crippen LogP contribution in [-0.2, 0) is 19.5 Å². The lowest BCUT2D eigenvalue weighted by Gasteiger charge is -2.40. The Balaban J connectivity index is 1.88. The van der Waals surface area contributed by atoms with Crippen molar-refractivity contribution in [2.45, 2.75) is 51.6 Å². The molecule has 0 spiro atoms. The molecule has 3 rings (SSSR count). The molecule has 0 atom stereocenters. The summed E-state index contributed by atoms with van der Waals surface area (Å²) in [5.74, 6) is 1.84. The highest BCUT2D eigenvalue weighted by molar-refractivity contribution is 7.80. The van der Waals surface area contributed by atoms with Crippen molar-refractivity contribution in [1.82, 2.24) is 14.3 Å². The molecule has 0 unspecified atom stereocenters. The van der Waals surface area contributed by atoms with Crippen LogP contribution in [0.15, 0.2) is 4.79 Å². The number of hydrogen-bond donors (Lipinski definition) is 1. The molecule has 0 aromatic carbocycles. The molecule has 1 aromatic rings. The average molecular weight is 253 g/mol. The number of thiol groups is 1. The SMILES string of the molecule is O=c1n(CC2(CS)CCC2)nc2n1CCCC2. The minimum Gasteiger partial charge on any atom is -0.279 e. The van der Waals surface area contributed by atoms with Crippen LogP contribution in [0.1, 0.15) is 37.9 Å². The molecule has 0 N–H and O–H groups in total. The molecule has 0 saturated heterocycles. The van der Waals surface area contributed by atoms with Gasteiger partial charge < -0.3 is 0 Å². The number of nitrogens with zero attached hydrogens (tertiary/aromatic N) is 3. The van der Waals surface area contributed by atoms with Gasteiger partial charge in [-0.25, -0.2) is 9.48 Å². The third kappa shape index (κ3) is 1.84. The van der Waals surface area contributed by atoms with Gasteiger partial charge in [0.25, 0.3) is 0 Å². The maximum absolute atomic E-state index is 12.2. The summed E-state index contributed by atoms with van der Waals surface area (Å²) in [6.45, 7) is 1.61. The molecule has 1 aromatic heterocycles. The summed E-state index contributed by atoms with van der Waals surface area (Å²) in [5.41, 5.74) is 0.324. The molecule has 4 nitrogen and oxygen atoms in total. The first kappa shape index (κ1) is 11.4. The van der Waals surface area contributed by atoms with Gasteiger partial charge in [0.2, 0.25) is 0 Å². The van der Waals surface area contributed by atoms with Crippen LogP contribution in [0.5, 0.6) is 0 Å². The van der Waals surface area contributed by atoms with Crippen molar-refractivity contribution in [2.24, 2.45) is 5.41 Å². The van der Waals surface area contributed by atoms with Crippen LogP contribution in [-0.4, -0.2) is 20.1 Å². The molecule has 5 heteroatoms. The Kier molecular flexibility index (Phi) is 2.81. The zero-order valence-electron chi connectivity index (χ0n) is 10.1. The first-order chi connectivity index (χ1) is 8.24. The van der Waals surface area contributed by atoms with E-state index >= 15 is 0 Å². The van der Waals surface area contributed by atoms with E-state index in [9.17, 15) is 4.79 Å². The Bertz CT molecular complexity index is 467. The lowest BCUT2D eigenvalue weighted by molar-refractivity contribution is 0.130. The van der Waals surface area contributed by atoms with Gasteiger partial charge in [-0.05, 0) is 36.9 Å². The molecule has 1 saturated carbocycles. The van der Waals surface area contributed by atoms with Crippen LogP contribution in [0, 0.1) is 5.41 Å². The third-order valence-electron chi connectivity index (χ3n) is 4.27. The summed E-state index contributed by atoms with van der Waals surface area (Å²) < 4.78 is 3.55. The normalized spacial score (nSPS) is 21.9. The van der Waals surface area contributed by atoms with Gasteiger partial charge >= 0.3 is 5.69 Å². The van der Waals surface area contributed by atoms with Crippen LogP contribution in [0.25, 0.3) is 0 Å². The molecule has 1 aliphatic carbocycles. The summed E-state index contributed by atoms with van der Waals surface area (Å²) in [4.78, 5) is 12.2. The molecule has 1 aliphatic heterocycles. The van der Waals surface area contributed by atoms with E-state index < -0.39 is 0 Å². The van der Waals surface area contributed by atoms with Gasteiger partial charge in [0, 0.05) is 13.0 Å². The van der Waals surface area contributed by atoms with Crippen molar-refractivity contribution < 1.29 is 0 Å². The molecule has 17 heavy (non-hydrogen) atoms. The second-order valence-electron chi connectivity index (χ2n) is 5.48. The Morgan fingerprint density at radius 2 is 2.12 bits per heavy atom. The summed E-state index contributed by atoms with van der Waals surface area (Å²) >= 11 is 4.44. The lowest BCUT2D eigenvalue weighted by Crippen LogP contribution is -2.40. The van der Waals surface area contributed by atoms with Gasteiger partial charge in [0.05, 0.1) is 6.54 Å². The minimum absolute atomic E-state index is 0.0905. The van der Waals surface area contributed by atoms with Gasteiger partial charge in [-0.3, -0.25) is 4.57 Å². The maximum atomic E-state index is 12.2. The standard InChI is InChI=1S/C12H19N3OS/c16-11-14-7-2-1-4-10(14)13-15(11)8-12(9-17)5-3-6-12/h17H,1-9H2. The van der Waals surface area contributed by atoms with Crippen molar-refractivity contribution in [3.05, 3.63) is 16.3 Å². The molecule has 2 heterocycles. The molecule has 0 amide bonds. The molecule has 2 aliphatic rings. The van der Waals surface area contributed by atoms with E-state index in [1.807, 2.05) is 4.57 Å². The highest BCUT2D eigenvalue weighted by Gasteiger charge is 2.37. The van der Waals surface area contributed by atoms with E-state index in [1.54, 1.807) is 4.68 Å². The fourth-order valence-electron chi connectivity index (χ4n) is 2.91. The topological polar surface area (TPSA) is 39.8 Å². The van der Waals surface area contributed by atoms with Crippen molar-refractivity contribution in [1.29, 1.82) is 0 Å². The largest absolute Gasteiger partial charge is 0.345 e. The van der Waals surface area contributed by atoms with Crippen LogP contribution >= 0.6 is 12.6 Å². The second-order valence-corrected chi connectivity index (χ2v) is 5.79. The van der Waals surface area contributed by atoms with Crippen molar-refractivity contribution in [3.63, 3.8) is 0 Å². The van der Waals surface area contributed by atoms with Crippen LogP contribution in [0.2, 0.25) is 0 Å². The Morgan fingerprint density at radius 3 is 2.71 bits per heavy atom. The summed E-state index contributed by atoms with van der Waals surface area (Å²) in [5, 5.41) is 4.50. The lowest BCUT2D eigenvalue weighted by atomic mass is 9.70. The fourth-order valence-corrected chi connectivity index (χ4v) is 3.33. The molecule has 0 bridgehead atoms. The van der Waals surface area contributed by atoms with Gasteiger partial charge in [0.1, 0.15) is 5.82 Å². The van der Waals surface area contributed by atoms with E-state index in [0.717, 1.165) is 43.9 Å². The average Bonchev–Trinajstić information content (AvgIpc) is 2.62. The molecular weight excluding hydrogens is 234 g/mol. The van der Waals surface area contributed by atoms with E-state index in [1.165, 1.54) is 19.3 Å². The fraction of sp³-hybridized carbons (Fsp3) is 0.833. The minimum atomic E-state index is 0.0905. The summed E-state index contributed by atoms with van der Waals surface area (Å²) in [7, 11) is 0. The van der Waals surface area contributed by atoms with Crippen molar-refractivity contribution >= 4 is 12.6 Å². The number of hydrogen-bond acceptors (Lipinski definition) is 3. The molecule has 1 fully saturated rings. The van der Waals surface area contributed by atoms with Gasteiger partial charge in [-0.1, -0.05) is 6.42 Å². The van der Waals surface area contributed by atoms with E-state index in [4.69, 9.17) is 0 Å². The molecular formula is C12H19N3OS. The van der Waals surface area contributed by atoms with Crippen molar-refractivity contribution in [3.8, 4) is 0 Å². The highest BCUT2D eigenvalue weighted by Crippen LogP contribution is 2.42. The number of aromatic nitrogens is 3. The maximum Gasteiger partial charge on any atom is 0.345 e. The van der Waals surface area contributed by atoms with E-state index in [2.05, 4.69) is 17.7 Å². The zero-order valence-corrected chi connectivity index (χ0v) is 11.0. The quantitative estimate of drug-likeness (QED) is 0.829. The first-order valence-electron chi connectivity index (χ1n) is 6.52. The predicted octanol–water partition coefficient (Wildman–Crippen LogP) is 1.48. The Hall–Kier alpha value is -0.710. The monoisotopic (exact) mass is 253 g/mol. The van der Waals surface area contributed by atoms with Crippen LogP contribution in [0.4, 0.5) is 0 Å². The second kappa shape index (κ2) is 4.19. The Morgan fingerprint density at radius 1 is 1.29 bits per heavy atom. The molecule has 94 valence electrons. The number of aryl methyl sites for hydroxylation is 1. The predicted molar refractivity (Wildman–Crippen MR) is 69.6 cm³/mol. The van der Waals surface area contributed by atoms with E-state index in [-0.39, 0.29) is 11.1 Å². The Labute approximate surface area is 106 Å². The molecule has 0 radical (unpaired) electrons. The van der Waals surface area contributed by atoms with E-state index in [0.29, 0.717) is 0 Å². The van der Waals surface area contributed by atoms with Crippen molar-refractivity contribution in [2.75, 3.05) is 5.75 Å². The number of fused-ring (bicyclic) bond motifs is 1. The summed E-state index contributed by atoms with van der Waals surface area (Å²) in [6.07, 6.45) is 6.86. The van der Waals surface area contributed by atoms with Gasteiger partial charge in [-0.2, -0.15) is 17.7 Å². The van der Waals surface area contributed by atoms with Crippen LogP contribution in [0.3, 0.4) is 0 Å². The number of rotatable bonds is 3. The first-order valence-corrected chi connectivity index (χ1v) is 7.15. The van der Waals surface area contributed by atoms with Crippen LogP contribution < -0.4 is 5.69 Å². The summed E-state index contributed by atoms with van der Waals surface area (Å²) in [6, 6.07) is 0. The third-order valence-corrected chi connectivity index (χ3v) is 4.94. The zero-order chi connectivity index (χ0) is 11.9. The van der Waals surface area contributed by atoms with Gasteiger partial charge in [0.15, 0.2) is 0 Å².